The van der Waals surface area contributed by atoms with Crippen molar-refractivity contribution in [3.05, 3.63) is 29.3 Å². The molecule has 1 aromatic carbocycles. The van der Waals surface area contributed by atoms with E-state index in [2.05, 4.69) is 5.32 Å². The third-order valence-electron chi connectivity index (χ3n) is 1.76. The molecule has 0 heterocycles. The minimum Gasteiger partial charge on any atom is -0.479 e. The van der Waals surface area contributed by atoms with Gasteiger partial charge in [-0.2, -0.15) is 0 Å². The number of benzene rings is 1. The van der Waals surface area contributed by atoms with Gasteiger partial charge in [-0.25, -0.2) is 0 Å². The third kappa shape index (κ3) is 2.64. The van der Waals surface area contributed by atoms with Gasteiger partial charge >= 0.3 is 0 Å². The van der Waals surface area contributed by atoms with Crippen molar-refractivity contribution >= 4 is 17.5 Å². The Balaban J connectivity index is 2.69. The molecule has 0 radical (unpaired) electrons. The van der Waals surface area contributed by atoms with Gasteiger partial charge in [-0.1, -0.05) is 23.7 Å². The predicted molar refractivity (Wildman–Crippen MR) is 55.6 cm³/mol. The topological polar surface area (TPSA) is 38.3 Å². The fourth-order valence-electron chi connectivity index (χ4n) is 0.988. The minimum absolute atomic E-state index is 0.176. The first kappa shape index (κ1) is 10.9. The fourth-order valence-corrected chi connectivity index (χ4v) is 1.17. The Bertz CT molecular complexity index is 328. The molecule has 4 heteroatoms. The molecule has 1 rings (SSSR count). The molecule has 3 nitrogen and oxygen atoms in total. The number of hydrogen-bond donors (Lipinski definition) is 1. The number of rotatable bonds is 3. The summed E-state index contributed by atoms with van der Waals surface area (Å²) in [6, 6.07) is 7.05. The van der Waals surface area contributed by atoms with E-state index in [9.17, 15) is 4.79 Å². The average molecular weight is 214 g/mol. The van der Waals surface area contributed by atoms with Gasteiger partial charge in [-0.15, -0.1) is 0 Å². The van der Waals surface area contributed by atoms with Gasteiger partial charge in [0.15, 0.2) is 6.10 Å². The first-order valence-electron chi connectivity index (χ1n) is 4.28. The van der Waals surface area contributed by atoms with Gasteiger partial charge in [0, 0.05) is 7.05 Å². The normalized spacial score (nSPS) is 11.9. The van der Waals surface area contributed by atoms with Crippen LogP contribution in [0.25, 0.3) is 0 Å². The van der Waals surface area contributed by atoms with Crippen molar-refractivity contribution < 1.29 is 9.53 Å². The van der Waals surface area contributed by atoms with Crippen LogP contribution in [0.1, 0.15) is 6.92 Å². The molecule has 1 amide bonds. The summed E-state index contributed by atoms with van der Waals surface area (Å²) in [6.45, 7) is 1.67. The van der Waals surface area contributed by atoms with Crippen LogP contribution in [-0.2, 0) is 4.79 Å². The van der Waals surface area contributed by atoms with Crippen LogP contribution in [0.3, 0.4) is 0 Å². The molecule has 0 saturated carbocycles. The SMILES string of the molecule is CNC(=O)C(C)Oc1ccccc1Cl. The van der Waals surface area contributed by atoms with E-state index in [1.807, 2.05) is 0 Å². The van der Waals surface area contributed by atoms with E-state index >= 15 is 0 Å². The monoisotopic (exact) mass is 213 g/mol. The molecule has 0 saturated heterocycles. The quantitative estimate of drug-likeness (QED) is 0.832. The highest BCUT2D eigenvalue weighted by atomic mass is 35.5. The maximum Gasteiger partial charge on any atom is 0.260 e. The van der Waals surface area contributed by atoms with Gasteiger partial charge in [0.1, 0.15) is 5.75 Å². The van der Waals surface area contributed by atoms with E-state index in [0.29, 0.717) is 10.8 Å². The van der Waals surface area contributed by atoms with E-state index in [0.717, 1.165) is 0 Å². The lowest BCUT2D eigenvalue weighted by Crippen LogP contribution is -2.33. The Kier molecular flexibility index (Phi) is 3.77. The molecule has 0 aliphatic carbocycles. The second-order valence-electron chi connectivity index (χ2n) is 2.80. The summed E-state index contributed by atoms with van der Waals surface area (Å²) in [4.78, 5) is 11.1. The molecule has 0 fully saturated rings. The highest BCUT2D eigenvalue weighted by Gasteiger charge is 2.13. The number of likely N-dealkylation sites (N-methyl/N-ethyl adjacent to an activating group) is 1. The highest BCUT2D eigenvalue weighted by Crippen LogP contribution is 2.24. The molecule has 0 spiro atoms. The van der Waals surface area contributed by atoms with Crippen molar-refractivity contribution in [1.82, 2.24) is 5.32 Å². The lowest BCUT2D eigenvalue weighted by Gasteiger charge is -2.13. The first-order chi connectivity index (χ1) is 6.65. The molecule has 1 atom stereocenters. The van der Waals surface area contributed by atoms with Gasteiger partial charge in [0.2, 0.25) is 0 Å². The molecule has 0 aliphatic heterocycles. The maximum absolute atomic E-state index is 11.1. The molecule has 0 aromatic heterocycles. The average Bonchev–Trinajstić information content (AvgIpc) is 2.20. The van der Waals surface area contributed by atoms with Crippen LogP contribution in [0.4, 0.5) is 0 Å². The van der Waals surface area contributed by atoms with E-state index in [1.165, 1.54) is 0 Å². The van der Waals surface area contributed by atoms with E-state index in [-0.39, 0.29) is 5.91 Å². The molecular weight excluding hydrogens is 202 g/mol. The summed E-state index contributed by atoms with van der Waals surface area (Å²) in [5.41, 5.74) is 0. The van der Waals surface area contributed by atoms with Crippen molar-refractivity contribution in [1.29, 1.82) is 0 Å². The standard InChI is InChI=1S/C10H12ClNO2/c1-7(10(13)12-2)14-9-6-4-3-5-8(9)11/h3-7H,1-2H3,(H,12,13). The van der Waals surface area contributed by atoms with Gasteiger partial charge in [0.25, 0.3) is 5.91 Å². The van der Waals surface area contributed by atoms with E-state index in [4.69, 9.17) is 16.3 Å². The number of para-hydroxylation sites is 1. The molecule has 0 bridgehead atoms. The summed E-state index contributed by atoms with van der Waals surface area (Å²) in [5.74, 6) is 0.343. The number of amides is 1. The van der Waals surface area contributed by atoms with Crippen LogP contribution in [-0.4, -0.2) is 19.1 Å². The molecular formula is C10H12ClNO2. The summed E-state index contributed by atoms with van der Waals surface area (Å²) in [5, 5.41) is 3.00. The zero-order valence-electron chi connectivity index (χ0n) is 8.08. The van der Waals surface area contributed by atoms with Crippen LogP contribution in [0.15, 0.2) is 24.3 Å². The predicted octanol–water partition coefficient (Wildman–Crippen LogP) is 1.85. The number of carbonyl (C=O) groups excluding carboxylic acids is 1. The Hall–Kier alpha value is -1.22. The minimum atomic E-state index is -0.542. The molecule has 1 N–H and O–H groups in total. The second-order valence-corrected chi connectivity index (χ2v) is 3.21. The van der Waals surface area contributed by atoms with Gasteiger partial charge in [-0.3, -0.25) is 4.79 Å². The van der Waals surface area contributed by atoms with Crippen LogP contribution >= 0.6 is 11.6 Å². The van der Waals surface area contributed by atoms with Crippen LogP contribution in [0.2, 0.25) is 5.02 Å². The smallest absolute Gasteiger partial charge is 0.260 e. The van der Waals surface area contributed by atoms with Crippen molar-refractivity contribution in [2.24, 2.45) is 0 Å². The Labute approximate surface area is 88.0 Å². The lowest BCUT2D eigenvalue weighted by molar-refractivity contribution is -0.126. The van der Waals surface area contributed by atoms with E-state index in [1.54, 1.807) is 38.2 Å². The summed E-state index contributed by atoms with van der Waals surface area (Å²) >= 11 is 5.86. The van der Waals surface area contributed by atoms with Gasteiger partial charge < -0.3 is 10.1 Å². The summed E-state index contributed by atoms with van der Waals surface area (Å²) in [7, 11) is 1.56. The van der Waals surface area contributed by atoms with Crippen molar-refractivity contribution in [3.8, 4) is 5.75 Å². The van der Waals surface area contributed by atoms with Crippen LogP contribution in [0, 0.1) is 0 Å². The molecule has 0 aliphatic rings. The van der Waals surface area contributed by atoms with Crippen LogP contribution in [0.5, 0.6) is 5.75 Å². The second kappa shape index (κ2) is 4.86. The molecule has 76 valence electrons. The Morgan fingerprint density at radius 2 is 2.14 bits per heavy atom. The zero-order valence-corrected chi connectivity index (χ0v) is 8.84. The maximum atomic E-state index is 11.1. The first-order valence-corrected chi connectivity index (χ1v) is 4.65. The Morgan fingerprint density at radius 1 is 1.50 bits per heavy atom. The van der Waals surface area contributed by atoms with Crippen molar-refractivity contribution in [2.45, 2.75) is 13.0 Å². The number of nitrogens with one attached hydrogen (secondary N) is 1. The van der Waals surface area contributed by atoms with Gasteiger partial charge in [-0.05, 0) is 19.1 Å². The van der Waals surface area contributed by atoms with Crippen molar-refractivity contribution in [3.63, 3.8) is 0 Å². The van der Waals surface area contributed by atoms with Gasteiger partial charge in [0.05, 0.1) is 5.02 Å². The fraction of sp³-hybridized carbons (Fsp3) is 0.300. The largest absolute Gasteiger partial charge is 0.479 e. The number of ether oxygens (including phenoxy) is 1. The number of carbonyl (C=O) groups is 1. The Morgan fingerprint density at radius 3 is 2.71 bits per heavy atom. The summed E-state index contributed by atoms with van der Waals surface area (Å²) in [6.07, 6.45) is -0.542. The third-order valence-corrected chi connectivity index (χ3v) is 2.07. The number of halogens is 1. The van der Waals surface area contributed by atoms with E-state index < -0.39 is 6.10 Å². The molecule has 1 unspecified atom stereocenters. The highest BCUT2D eigenvalue weighted by molar-refractivity contribution is 6.32. The molecule has 14 heavy (non-hydrogen) atoms. The van der Waals surface area contributed by atoms with Crippen LogP contribution < -0.4 is 10.1 Å². The molecule has 1 aromatic rings. The summed E-state index contributed by atoms with van der Waals surface area (Å²) < 4.78 is 5.35. The lowest BCUT2D eigenvalue weighted by atomic mass is 10.3. The number of hydrogen-bond acceptors (Lipinski definition) is 2. The zero-order chi connectivity index (χ0) is 10.6. The van der Waals surface area contributed by atoms with Crippen molar-refractivity contribution in [2.75, 3.05) is 7.05 Å².